The van der Waals surface area contributed by atoms with Crippen molar-refractivity contribution >= 4 is 21.6 Å². The summed E-state index contributed by atoms with van der Waals surface area (Å²) in [4.78, 5) is 22.9. The molecule has 0 saturated carbocycles. The first kappa shape index (κ1) is 19.3. The van der Waals surface area contributed by atoms with Gasteiger partial charge in [-0.25, -0.2) is 9.37 Å². The van der Waals surface area contributed by atoms with Gasteiger partial charge in [0.2, 0.25) is 0 Å². The van der Waals surface area contributed by atoms with Gasteiger partial charge in [0, 0.05) is 17.0 Å². The summed E-state index contributed by atoms with van der Waals surface area (Å²) in [7, 11) is 3.50. The smallest absolute Gasteiger partial charge is 0.268 e. The Morgan fingerprint density at radius 1 is 1.14 bits per heavy atom. The Labute approximate surface area is 171 Å². The molecule has 0 aliphatic carbocycles. The van der Waals surface area contributed by atoms with Crippen molar-refractivity contribution in [2.75, 3.05) is 14.2 Å². The number of ether oxygens (including phenoxy) is 1. The molecule has 0 aliphatic heterocycles. The quantitative estimate of drug-likeness (QED) is 0.512. The lowest BCUT2D eigenvalue weighted by atomic mass is 10.2. The van der Waals surface area contributed by atoms with Crippen LogP contribution in [-0.2, 0) is 13.1 Å². The second-order valence-corrected chi connectivity index (χ2v) is 7.88. The monoisotopic (exact) mass is 409 g/mol. The highest BCUT2D eigenvalue weighted by molar-refractivity contribution is 7.22. The fourth-order valence-corrected chi connectivity index (χ4v) is 4.19. The highest BCUT2D eigenvalue weighted by Crippen LogP contribution is 2.31. The summed E-state index contributed by atoms with van der Waals surface area (Å²) in [6, 6.07) is 16.3. The molecule has 0 amide bonds. The van der Waals surface area contributed by atoms with Crippen molar-refractivity contribution in [2.45, 2.75) is 13.1 Å². The van der Waals surface area contributed by atoms with Gasteiger partial charge < -0.3 is 9.72 Å². The molecule has 148 valence electrons. The third kappa shape index (κ3) is 4.21. The van der Waals surface area contributed by atoms with Crippen molar-refractivity contribution in [2.24, 2.45) is 0 Å². The van der Waals surface area contributed by atoms with E-state index in [2.05, 4.69) is 9.97 Å². The van der Waals surface area contributed by atoms with Crippen molar-refractivity contribution in [1.29, 1.82) is 0 Å². The van der Waals surface area contributed by atoms with Gasteiger partial charge in [-0.2, -0.15) is 0 Å². The number of benzene rings is 2. The van der Waals surface area contributed by atoms with Gasteiger partial charge >= 0.3 is 0 Å². The molecule has 7 heteroatoms. The lowest BCUT2D eigenvalue weighted by Crippen LogP contribution is -2.22. The molecule has 0 atom stereocenters. The summed E-state index contributed by atoms with van der Waals surface area (Å²) in [5, 5.41) is 0. The zero-order valence-corrected chi connectivity index (χ0v) is 16.9. The summed E-state index contributed by atoms with van der Waals surface area (Å²) < 4.78 is 19.7. The maximum atomic E-state index is 13.9. The van der Waals surface area contributed by atoms with Crippen molar-refractivity contribution in [3.63, 3.8) is 0 Å². The molecular weight excluding hydrogens is 389 g/mol. The van der Waals surface area contributed by atoms with Gasteiger partial charge in [-0.3, -0.25) is 9.69 Å². The SMILES string of the molecule is COc1ccc(-c2cc3nc(CN(C)Cc4ccccc4F)[nH]c(=O)c3s2)cc1. The summed E-state index contributed by atoms with van der Waals surface area (Å²) in [6.07, 6.45) is 0. The van der Waals surface area contributed by atoms with Crippen molar-refractivity contribution in [1.82, 2.24) is 14.9 Å². The Morgan fingerprint density at radius 3 is 2.62 bits per heavy atom. The minimum atomic E-state index is -0.238. The Hall–Kier alpha value is -3.03. The Morgan fingerprint density at radius 2 is 1.90 bits per heavy atom. The molecule has 0 bridgehead atoms. The van der Waals surface area contributed by atoms with Gasteiger partial charge in [0.25, 0.3) is 5.56 Å². The molecule has 2 aromatic heterocycles. The van der Waals surface area contributed by atoms with Crippen LogP contribution in [0.2, 0.25) is 0 Å². The van der Waals surface area contributed by atoms with E-state index in [1.807, 2.05) is 48.3 Å². The molecule has 0 spiro atoms. The number of rotatable bonds is 6. The van der Waals surface area contributed by atoms with Crippen LogP contribution in [0.3, 0.4) is 0 Å². The lowest BCUT2D eigenvalue weighted by Gasteiger charge is -2.16. The van der Waals surface area contributed by atoms with Crippen LogP contribution in [0.25, 0.3) is 20.7 Å². The average Bonchev–Trinajstić information content (AvgIpc) is 3.14. The van der Waals surface area contributed by atoms with Gasteiger partial charge in [0.15, 0.2) is 0 Å². The van der Waals surface area contributed by atoms with E-state index in [0.717, 1.165) is 16.2 Å². The molecule has 4 aromatic rings. The molecule has 29 heavy (non-hydrogen) atoms. The Kier molecular flexibility index (Phi) is 5.42. The number of thiophene rings is 1. The Bertz CT molecular complexity index is 1200. The van der Waals surface area contributed by atoms with Crippen LogP contribution in [-0.4, -0.2) is 29.0 Å². The Balaban J connectivity index is 1.58. The molecule has 0 unspecified atom stereocenters. The molecule has 1 N–H and O–H groups in total. The standard InChI is InChI=1S/C22H20FN3O2S/c1-26(12-15-5-3-4-6-17(15)23)13-20-24-18-11-19(29-21(18)22(27)25-20)14-7-9-16(28-2)10-8-14/h3-11H,12-13H2,1-2H3,(H,24,25,27). The number of aromatic nitrogens is 2. The van der Waals surface area contributed by atoms with E-state index in [1.165, 1.54) is 17.4 Å². The van der Waals surface area contributed by atoms with Crippen LogP contribution in [0.4, 0.5) is 4.39 Å². The minimum Gasteiger partial charge on any atom is -0.497 e. The van der Waals surface area contributed by atoms with Crippen LogP contribution >= 0.6 is 11.3 Å². The fraction of sp³-hybridized carbons (Fsp3) is 0.182. The zero-order chi connectivity index (χ0) is 20.4. The third-order valence-corrected chi connectivity index (χ3v) is 5.80. The second kappa shape index (κ2) is 8.14. The number of hydrogen-bond donors (Lipinski definition) is 1. The number of H-pyrrole nitrogens is 1. The largest absolute Gasteiger partial charge is 0.497 e. The first-order valence-electron chi connectivity index (χ1n) is 9.12. The van der Waals surface area contributed by atoms with Gasteiger partial charge in [-0.05, 0) is 49.0 Å². The maximum absolute atomic E-state index is 13.9. The summed E-state index contributed by atoms with van der Waals surface area (Å²) >= 11 is 1.41. The summed E-state index contributed by atoms with van der Waals surface area (Å²) in [6.45, 7) is 0.836. The molecule has 2 heterocycles. The van der Waals surface area contributed by atoms with Crippen LogP contribution in [0.5, 0.6) is 5.75 Å². The molecule has 0 radical (unpaired) electrons. The van der Waals surface area contributed by atoms with Crippen LogP contribution in [0.15, 0.2) is 59.4 Å². The van der Waals surface area contributed by atoms with Gasteiger partial charge in [-0.1, -0.05) is 18.2 Å². The van der Waals surface area contributed by atoms with E-state index in [0.29, 0.717) is 34.7 Å². The molecule has 5 nitrogen and oxygen atoms in total. The number of methoxy groups -OCH3 is 1. The minimum absolute atomic E-state index is 0.158. The highest BCUT2D eigenvalue weighted by Gasteiger charge is 2.12. The van der Waals surface area contributed by atoms with Crippen LogP contribution in [0, 0.1) is 5.82 Å². The molecule has 0 aliphatic rings. The van der Waals surface area contributed by atoms with Crippen molar-refractivity contribution < 1.29 is 9.13 Å². The second-order valence-electron chi connectivity index (χ2n) is 6.83. The van der Waals surface area contributed by atoms with Crippen LogP contribution < -0.4 is 10.3 Å². The summed E-state index contributed by atoms with van der Waals surface area (Å²) in [5.41, 5.74) is 2.12. The maximum Gasteiger partial charge on any atom is 0.268 e. The van der Waals surface area contributed by atoms with Gasteiger partial charge in [0.1, 0.15) is 22.1 Å². The fourth-order valence-electron chi connectivity index (χ4n) is 3.19. The summed E-state index contributed by atoms with van der Waals surface area (Å²) in [5.74, 6) is 1.10. The first-order chi connectivity index (χ1) is 14.0. The number of fused-ring (bicyclic) bond motifs is 1. The van der Waals surface area contributed by atoms with E-state index in [-0.39, 0.29) is 11.4 Å². The normalized spacial score (nSPS) is 11.3. The van der Waals surface area contributed by atoms with E-state index in [4.69, 9.17) is 4.74 Å². The number of nitrogens with one attached hydrogen (secondary N) is 1. The first-order valence-corrected chi connectivity index (χ1v) is 9.94. The molecule has 4 rings (SSSR count). The lowest BCUT2D eigenvalue weighted by molar-refractivity contribution is 0.305. The zero-order valence-electron chi connectivity index (χ0n) is 16.1. The average molecular weight is 409 g/mol. The number of aromatic amines is 1. The van der Waals surface area contributed by atoms with Gasteiger partial charge in [-0.15, -0.1) is 11.3 Å². The number of halogens is 1. The van der Waals surface area contributed by atoms with E-state index < -0.39 is 0 Å². The predicted octanol–water partition coefficient (Wildman–Crippen LogP) is 4.43. The van der Waals surface area contributed by atoms with E-state index in [9.17, 15) is 9.18 Å². The number of hydrogen-bond acceptors (Lipinski definition) is 5. The molecule has 2 aromatic carbocycles. The topological polar surface area (TPSA) is 58.2 Å². The van der Waals surface area contributed by atoms with Crippen LogP contribution in [0.1, 0.15) is 11.4 Å². The van der Waals surface area contributed by atoms with E-state index in [1.54, 1.807) is 19.2 Å². The molecular formula is C22H20FN3O2S. The molecule has 0 saturated heterocycles. The van der Waals surface area contributed by atoms with Crippen molar-refractivity contribution in [3.8, 4) is 16.2 Å². The predicted molar refractivity (Wildman–Crippen MR) is 114 cm³/mol. The highest BCUT2D eigenvalue weighted by atomic mass is 32.1. The molecule has 0 fully saturated rings. The van der Waals surface area contributed by atoms with Gasteiger partial charge in [0.05, 0.1) is 19.2 Å². The van der Waals surface area contributed by atoms with E-state index >= 15 is 0 Å². The van der Waals surface area contributed by atoms with Crippen molar-refractivity contribution in [3.05, 3.63) is 82.2 Å². The number of nitrogens with zero attached hydrogens (tertiary/aromatic N) is 2. The third-order valence-electron chi connectivity index (χ3n) is 4.62.